The van der Waals surface area contributed by atoms with Crippen LogP contribution < -0.4 is 5.48 Å². The number of hydrogen-bond donors (Lipinski definition) is 2. The molecule has 38 heavy (non-hydrogen) atoms. The number of rotatable bonds is 8. The van der Waals surface area contributed by atoms with Crippen molar-refractivity contribution in [2.75, 3.05) is 13.1 Å². The van der Waals surface area contributed by atoms with E-state index in [0.717, 1.165) is 12.8 Å². The molecule has 4 rings (SSSR count). The number of aryl methyl sites for hydroxylation is 1. The Kier molecular flexibility index (Phi) is 8.82. The van der Waals surface area contributed by atoms with Crippen molar-refractivity contribution in [3.8, 4) is 11.1 Å². The predicted octanol–water partition coefficient (Wildman–Crippen LogP) is 5.18. The Hall–Kier alpha value is -2.28. The molecule has 1 aliphatic carbocycles. The summed E-state index contributed by atoms with van der Waals surface area (Å²) in [5, 5.41) is 9.31. The van der Waals surface area contributed by atoms with Gasteiger partial charge in [0.2, 0.25) is 0 Å². The summed E-state index contributed by atoms with van der Waals surface area (Å²) in [7, 11) is -4.16. The lowest BCUT2D eigenvalue weighted by Crippen LogP contribution is -2.58. The smallest absolute Gasteiger partial charge is 0.300 e. The van der Waals surface area contributed by atoms with E-state index in [2.05, 4.69) is 4.90 Å². The molecular weight excluding hydrogens is 555 g/mol. The van der Waals surface area contributed by atoms with E-state index >= 15 is 0 Å². The summed E-state index contributed by atoms with van der Waals surface area (Å²) in [4.78, 5) is 14.7. The van der Waals surface area contributed by atoms with E-state index in [1.807, 2.05) is 0 Å². The number of benzene rings is 2. The molecule has 1 saturated carbocycles. The van der Waals surface area contributed by atoms with Crippen molar-refractivity contribution in [3.63, 3.8) is 0 Å². The number of hydrogen-bond acceptors (Lipinski definition) is 5. The van der Waals surface area contributed by atoms with E-state index in [1.54, 1.807) is 12.1 Å². The van der Waals surface area contributed by atoms with Crippen molar-refractivity contribution in [3.05, 3.63) is 54.1 Å². The van der Waals surface area contributed by atoms with Crippen molar-refractivity contribution in [1.29, 1.82) is 0 Å². The highest BCUT2D eigenvalue weighted by atomic mass is 35.5. The monoisotopic (exact) mass is 582 g/mol. The van der Waals surface area contributed by atoms with Crippen LogP contribution in [0.15, 0.2) is 53.4 Å². The first-order valence-electron chi connectivity index (χ1n) is 11.9. The summed E-state index contributed by atoms with van der Waals surface area (Å²) >= 11 is 0. The number of nitrogens with zero attached hydrogens (tertiary/aromatic N) is 1. The molecule has 13 heteroatoms. The molecule has 0 aromatic heterocycles. The zero-order chi connectivity index (χ0) is 27.1. The van der Waals surface area contributed by atoms with Crippen LogP contribution in [0.3, 0.4) is 0 Å². The molecule has 2 aromatic rings. The third-order valence-corrected chi connectivity index (χ3v) is 9.81. The fourth-order valence-corrected chi connectivity index (χ4v) is 6.72. The molecule has 0 unspecified atom stereocenters. The average Bonchev–Trinajstić information content (AvgIpc) is 3.72. The Labute approximate surface area is 223 Å². The molecule has 1 heterocycles. The highest BCUT2D eigenvalue weighted by Crippen LogP contribution is 2.40. The van der Waals surface area contributed by atoms with Gasteiger partial charge in [-0.05, 0) is 60.9 Å². The highest BCUT2D eigenvalue weighted by Gasteiger charge is 2.56. The number of sulfone groups is 1. The van der Waals surface area contributed by atoms with Gasteiger partial charge in [0.05, 0.1) is 4.90 Å². The van der Waals surface area contributed by atoms with Gasteiger partial charge < -0.3 is 4.90 Å². The summed E-state index contributed by atoms with van der Waals surface area (Å²) < 4.78 is 88.8. The summed E-state index contributed by atoms with van der Waals surface area (Å²) in [6, 6.07) is 12.2. The summed E-state index contributed by atoms with van der Waals surface area (Å²) in [5.74, 6) is -5.73. The largest absolute Gasteiger partial charge is 0.453 e. The highest BCUT2D eigenvalue weighted by molar-refractivity contribution is 7.93. The van der Waals surface area contributed by atoms with E-state index in [0.29, 0.717) is 35.8 Å². The maximum atomic E-state index is 13.6. The summed E-state index contributed by atoms with van der Waals surface area (Å²) in [6.07, 6.45) is -5.21. The van der Waals surface area contributed by atoms with Gasteiger partial charge in [-0.15, -0.1) is 12.4 Å². The van der Waals surface area contributed by atoms with Crippen LogP contribution in [0.1, 0.15) is 37.7 Å². The molecule has 2 aromatic carbocycles. The molecule has 0 bridgehead atoms. The van der Waals surface area contributed by atoms with Crippen molar-refractivity contribution in [1.82, 2.24) is 10.4 Å². The second-order valence-corrected chi connectivity index (χ2v) is 11.9. The molecule has 0 atom stereocenters. The molecule has 2 fully saturated rings. The first kappa shape index (κ1) is 30.3. The van der Waals surface area contributed by atoms with Gasteiger partial charge in [0.1, 0.15) is 0 Å². The molecule has 0 spiro atoms. The lowest BCUT2D eigenvalue weighted by molar-refractivity contribution is -0.284. The minimum absolute atomic E-state index is 0. The number of nitrogens with one attached hydrogen (secondary N) is 1. The van der Waals surface area contributed by atoms with Gasteiger partial charge in [-0.1, -0.05) is 36.4 Å². The number of hydroxylamine groups is 1. The lowest BCUT2D eigenvalue weighted by Gasteiger charge is -2.39. The Morgan fingerprint density at radius 3 is 1.89 bits per heavy atom. The van der Waals surface area contributed by atoms with E-state index in [-0.39, 0.29) is 30.1 Å². The van der Waals surface area contributed by atoms with Crippen LogP contribution in [-0.4, -0.2) is 60.4 Å². The number of carbonyl (C=O) groups excluding carboxylic acids is 1. The van der Waals surface area contributed by atoms with Gasteiger partial charge in [0, 0.05) is 25.6 Å². The van der Waals surface area contributed by atoms with E-state index in [4.69, 9.17) is 0 Å². The number of carbonyl (C=O) groups is 1. The van der Waals surface area contributed by atoms with Gasteiger partial charge in [0.15, 0.2) is 14.6 Å². The SMILES string of the molecule is Cl.O=C(NO)C1(S(=O)(=O)c2ccc(-c3ccc(CCC(F)(F)C(F)(F)F)cc3)cc2)CCN(C2CC2)CC1. The van der Waals surface area contributed by atoms with E-state index in [9.17, 15) is 40.4 Å². The zero-order valence-electron chi connectivity index (χ0n) is 20.2. The van der Waals surface area contributed by atoms with Crippen LogP contribution in [-0.2, 0) is 21.1 Å². The Morgan fingerprint density at radius 2 is 1.45 bits per heavy atom. The standard InChI is InChI=1S/C25H27F5N2O4S.ClH/c26-24(27,25(28,29)30)12-11-17-1-3-18(4-2-17)19-5-9-21(10-6-19)37(35,36)23(22(33)31-34)13-15-32(16-14-23)20-7-8-20;/h1-6,9-10,20,34H,7-8,11-16H2,(H,31,33);1H. The van der Waals surface area contributed by atoms with Crippen molar-refractivity contribution >= 4 is 28.2 Å². The van der Waals surface area contributed by atoms with Gasteiger partial charge in [-0.2, -0.15) is 22.0 Å². The van der Waals surface area contributed by atoms with Crippen molar-refractivity contribution in [2.24, 2.45) is 0 Å². The summed E-state index contributed by atoms with van der Waals surface area (Å²) in [6.45, 7) is 0.854. The molecule has 2 aliphatic rings. The third-order valence-electron chi connectivity index (χ3n) is 7.29. The third kappa shape index (κ3) is 5.83. The van der Waals surface area contributed by atoms with E-state index < -0.39 is 45.4 Å². The molecule has 0 radical (unpaired) electrons. The quantitative estimate of drug-likeness (QED) is 0.254. The fourth-order valence-electron chi connectivity index (χ4n) is 4.77. The van der Waals surface area contributed by atoms with Gasteiger partial charge in [0.25, 0.3) is 5.91 Å². The number of halogens is 6. The molecule has 210 valence electrons. The van der Waals surface area contributed by atoms with Crippen molar-refractivity contribution < 1.29 is 40.4 Å². The van der Waals surface area contributed by atoms with Crippen LogP contribution in [0.5, 0.6) is 0 Å². The Morgan fingerprint density at radius 1 is 0.947 bits per heavy atom. The lowest BCUT2D eigenvalue weighted by atomic mass is 9.94. The van der Waals surface area contributed by atoms with Crippen molar-refractivity contribution in [2.45, 2.75) is 66.3 Å². The number of likely N-dealkylation sites (tertiary alicyclic amines) is 1. The molecular formula is C25H28ClF5N2O4S. The normalized spacial score (nSPS) is 18.5. The average molecular weight is 583 g/mol. The predicted molar refractivity (Wildman–Crippen MR) is 132 cm³/mol. The maximum absolute atomic E-state index is 13.6. The second-order valence-electron chi connectivity index (χ2n) is 9.63. The van der Waals surface area contributed by atoms with Crippen LogP contribution in [0.25, 0.3) is 11.1 Å². The first-order valence-corrected chi connectivity index (χ1v) is 13.4. The minimum Gasteiger partial charge on any atom is -0.300 e. The van der Waals surface area contributed by atoms with Gasteiger partial charge in [-0.25, -0.2) is 13.9 Å². The van der Waals surface area contributed by atoms with Crippen LogP contribution in [0.2, 0.25) is 0 Å². The van der Waals surface area contributed by atoms with Gasteiger partial charge >= 0.3 is 12.1 Å². The number of amides is 1. The Bertz CT molecular complexity index is 1230. The van der Waals surface area contributed by atoms with Crippen LogP contribution >= 0.6 is 12.4 Å². The van der Waals surface area contributed by atoms with E-state index in [1.165, 1.54) is 41.9 Å². The molecule has 1 saturated heterocycles. The first-order chi connectivity index (χ1) is 17.3. The molecule has 1 amide bonds. The summed E-state index contributed by atoms with van der Waals surface area (Å²) in [5.41, 5.74) is 3.04. The van der Waals surface area contributed by atoms with Crippen LogP contribution in [0.4, 0.5) is 22.0 Å². The zero-order valence-corrected chi connectivity index (χ0v) is 21.8. The molecule has 6 nitrogen and oxygen atoms in total. The van der Waals surface area contributed by atoms with Crippen LogP contribution in [0, 0.1) is 0 Å². The molecule has 2 N–H and O–H groups in total. The molecule has 1 aliphatic heterocycles. The fraction of sp³-hybridized carbons (Fsp3) is 0.480. The second kappa shape index (κ2) is 11.1. The Balaban J connectivity index is 0.00000400. The minimum atomic E-state index is -5.60. The topological polar surface area (TPSA) is 86.7 Å². The number of piperidine rings is 1. The van der Waals surface area contributed by atoms with Gasteiger partial charge in [-0.3, -0.25) is 10.0 Å². The maximum Gasteiger partial charge on any atom is 0.453 e. The number of alkyl halides is 5.